The topological polar surface area (TPSA) is 73.5 Å². The van der Waals surface area contributed by atoms with E-state index in [0.717, 1.165) is 12.1 Å². The number of urea groups is 2. The van der Waals surface area contributed by atoms with Crippen molar-refractivity contribution >= 4 is 40.7 Å². The first-order chi connectivity index (χ1) is 15.3. The second kappa shape index (κ2) is 10.5. The fraction of sp³-hybridized carbons (Fsp3) is 0.0909. The second-order valence-corrected chi connectivity index (χ2v) is 7.01. The molecule has 0 aliphatic rings. The van der Waals surface area contributed by atoms with E-state index in [2.05, 4.69) is 16.0 Å². The lowest BCUT2D eigenvalue weighted by atomic mass is 10.2. The van der Waals surface area contributed by atoms with Crippen LogP contribution in [-0.2, 0) is 0 Å². The first kappa shape index (κ1) is 23.0. The van der Waals surface area contributed by atoms with Gasteiger partial charge in [0.15, 0.2) is 0 Å². The van der Waals surface area contributed by atoms with Crippen LogP contribution in [0.25, 0.3) is 0 Å². The quantitative estimate of drug-likeness (QED) is 0.445. The molecule has 0 atom stereocenters. The summed E-state index contributed by atoms with van der Waals surface area (Å²) in [5.74, 6) is -2.16. The fourth-order valence-corrected chi connectivity index (χ4v) is 2.86. The normalized spacial score (nSPS) is 10.4. The highest BCUT2D eigenvalue weighted by Gasteiger charge is 2.17. The Labute approximate surface area is 187 Å². The van der Waals surface area contributed by atoms with Gasteiger partial charge in [0.2, 0.25) is 0 Å². The van der Waals surface area contributed by atoms with E-state index in [-0.39, 0.29) is 18.8 Å². The van der Waals surface area contributed by atoms with Crippen molar-refractivity contribution in [1.29, 1.82) is 0 Å². The number of nitrogens with zero attached hydrogens (tertiary/aromatic N) is 1. The average Bonchev–Trinajstić information content (AvgIpc) is 2.76. The van der Waals surface area contributed by atoms with Crippen LogP contribution in [-0.4, -0.2) is 25.2 Å². The van der Waals surface area contributed by atoms with Gasteiger partial charge in [-0.1, -0.05) is 11.6 Å². The maximum Gasteiger partial charge on any atom is 0.326 e. The maximum atomic E-state index is 13.7. The molecule has 3 N–H and O–H groups in total. The van der Waals surface area contributed by atoms with Crippen molar-refractivity contribution in [3.8, 4) is 0 Å². The van der Waals surface area contributed by atoms with Crippen LogP contribution in [0.5, 0.6) is 0 Å². The number of carbonyl (C=O) groups is 2. The van der Waals surface area contributed by atoms with Gasteiger partial charge in [-0.15, -0.1) is 0 Å². The minimum absolute atomic E-state index is 0.0138. The molecule has 0 radical (unpaired) electrons. The van der Waals surface area contributed by atoms with E-state index in [1.54, 1.807) is 24.3 Å². The Morgan fingerprint density at radius 3 is 2.16 bits per heavy atom. The zero-order valence-electron chi connectivity index (χ0n) is 16.5. The van der Waals surface area contributed by atoms with Gasteiger partial charge in [-0.05, 0) is 60.7 Å². The van der Waals surface area contributed by atoms with Gasteiger partial charge in [0, 0.05) is 35.6 Å². The Kier molecular flexibility index (Phi) is 7.56. The van der Waals surface area contributed by atoms with Gasteiger partial charge in [0.1, 0.15) is 17.5 Å². The van der Waals surface area contributed by atoms with Gasteiger partial charge < -0.3 is 16.0 Å². The molecule has 0 fully saturated rings. The van der Waals surface area contributed by atoms with Gasteiger partial charge >= 0.3 is 12.1 Å². The summed E-state index contributed by atoms with van der Waals surface area (Å²) in [4.78, 5) is 26.1. The first-order valence-corrected chi connectivity index (χ1v) is 9.79. The van der Waals surface area contributed by atoms with Crippen LogP contribution in [0.3, 0.4) is 0 Å². The van der Waals surface area contributed by atoms with Crippen molar-refractivity contribution in [1.82, 2.24) is 5.32 Å². The molecule has 0 bridgehead atoms. The third-order valence-corrected chi connectivity index (χ3v) is 4.53. The standard InChI is InChI=1S/C22H18ClF3N4O2/c23-14-1-6-17(7-2-14)28-22(32)30(18-8-3-15(24)4-9-18)12-11-27-21(31)29-20-10-5-16(25)13-19(20)26/h1-10,13H,11-12H2,(H,28,32)(H2,27,29,31). The van der Waals surface area contributed by atoms with Crippen LogP contribution in [0.15, 0.2) is 66.7 Å². The summed E-state index contributed by atoms with van der Waals surface area (Å²) in [6.45, 7) is 0.00440. The predicted octanol–water partition coefficient (Wildman–Crippen LogP) is 5.62. The molecular weight excluding hydrogens is 445 g/mol. The van der Waals surface area contributed by atoms with Gasteiger partial charge in [-0.25, -0.2) is 22.8 Å². The first-order valence-electron chi connectivity index (χ1n) is 9.41. The number of benzene rings is 3. The van der Waals surface area contributed by atoms with E-state index in [0.29, 0.717) is 22.5 Å². The molecule has 3 aromatic rings. The predicted molar refractivity (Wildman–Crippen MR) is 118 cm³/mol. The SMILES string of the molecule is O=C(NCCN(C(=O)Nc1ccc(Cl)cc1)c1ccc(F)cc1)Nc1ccc(F)cc1F. The average molecular weight is 463 g/mol. The highest BCUT2D eigenvalue weighted by Crippen LogP contribution is 2.18. The molecule has 0 unspecified atom stereocenters. The van der Waals surface area contributed by atoms with E-state index < -0.39 is 29.5 Å². The Bertz CT molecular complexity index is 1100. The molecule has 0 aromatic heterocycles. The van der Waals surface area contributed by atoms with E-state index in [1.165, 1.54) is 29.2 Å². The zero-order chi connectivity index (χ0) is 23.1. The third-order valence-electron chi connectivity index (χ3n) is 4.28. The summed E-state index contributed by atoms with van der Waals surface area (Å²) >= 11 is 5.85. The molecule has 166 valence electrons. The van der Waals surface area contributed by atoms with Crippen molar-refractivity contribution < 1.29 is 22.8 Å². The molecule has 0 aliphatic carbocycles. The lowest BCUT2D eigenvalue weighted by molar-refractivity contribution is 0.250. The summed E-state index contributed by atoms with van der Waals surface area (Å²) in [6.07, 6.45) is 0. The highest BCUT2D eigenvalue weighted by molar-refractivity contribution is 6.30. The smallest absolute Gasteiger partial charge is 0.326 e. The maximum absolute atomic E-state index is 13.7. The summed E-state index contributed by atoms with van der Waals surface area (Å²) in [5, 5.41) is 7.95. The van der Waals surface area contributed by atoms with E-state index in [9.17, 15) is 22.8 Å². The zero-order valence-corrected chi connectivity index (χ0v) is 17.3. The summed E-state index contributed by atoms with van der Waals surface area (Å²) < 4.78 is 40.0. The van der Waals surface area contributed by atoms with Crippen molar-refractivity contribution in [2.75, 3.05) is 28.6 Å². The van der Waals surface area contributed by atoms with Crippen LogP contribution in [0.2, 0.25) is 5.02 Å². The molecule has 0 aliphatic heterocycles. The Hall–Kier alpha value is -3.72. The Morgan fingerprint density at radius 2 is 1.50 bits per heavy atom. The van der Waals surface area contributed by atoms with Crippen molar-refractivity contribution in [2.24, 2.45) is 0 Å². The minimum atomic E-state index is -0.921. The van der Waals surface area contributed by atoms with Crippen LogP contribution >= 0.6 is 11.6 Å². The molecule has 6 nitrogen and oxygen atoms in total. The van der Waals surface area contributed by atoms with Gasteiger partial charge in [-0.2, -0.15) is 0 Å². The molecule has 10 heteroatoms. The molecule has 0 heterocycles. The number of amides is 4. The van der Waals surface area contributed by atoms with Crippen LogP contribution < -0.4 is 20.9 Å². The highest BCUT2D eigenvalue weighted by atomic mass is 35.5. The minimum Gasteiger partial charge on any atom is -0.336 e. The molecule has 32 heavy (non-hydrogen) atoms. The third kappa shape index (κ3) is 6.39. The van der Waals surface area contributed by atoms with Crippen molar-refractivity contribution in [2.45, 2.75) is 0 Å². The fourth-order valence-electron chi connectivity index (χ4n) is 2.73. The monoisotopic (exact) mass is 462 g/mol. The summed E-state index contributed by atoms with van der Waals surface area (Å²) in [5.41, 5.74) is 0.688. The number of carbonyl (C=O) groups excluding carboxylic acids is 2. The van der Waals surface area contributed by atoms with Gasteiger partial charge in [0.05, 0.1) is 5.69 Å². The van der Waals surface area contributed by atoms with Crippen molar-refractivity contribution in [3.05, 3.63) is 89.2 Å². The lowest BCUT2D eigenvalue weighted by Gasteiger charge is -2.23. The number of nitrogens with one attached hydrogen (secondary N) is 3. The lowest BCUT2D eigenvalue weighted by Crippen LogP contribution is -2.42. The van der Waals surface area contributed by atoms with E-state index >= 15 is 0 Å². The molecule has 0 saturated carbocycles. The number of hydrogen-bond acceptors (Lipinski definition) is 2. The van der Waals surface area contributed by atoms with E-state index in [4.69, 9.17) is 11.6 Å². The molecule has 0 spiro atoms. The molecule has 3 aromatic carbocycles. The van der Waals surface area contributed by atoms with Gasteiger partial charge in [0.25, 0.3) is 0 Å². The molecule has 0 saturated heterocycles. The molecule has 3 rings (SSSR count). The van der Waals surface area contributed by atoms with Crippen molar-refractivity contribution in [3.63, 3.8) is 0 Å². The second-order valence-electron chi connectivity index (χ2n) is 6.57. The molecular formula is C22H18ClF3N4O2. The van der Waals surface area contributed by atoms with Crippen LogP contribution in [0, 0.1) is 17.5 Å². The summed E-state index contributed by atoms with van der Waals surface area (Å²) in [7, 11) is 0. The van der Waals surface area contributed by atoms with E-state index in [1.807, 2.05) is 0 Å². The Balaban J connectivity index is 1.64. The largest absolute Gasteiger partial charge is 0.336 e. The molecule has 4 amide bonds. The number of rotatable bonds is 6. The number of halogens is 4. The Morgan fingerprint density at radius 1 is 0.844 bits per heavy atom. The van der Waals surface area contributed by atoms with Gasteiger partial charge in [-0.3, -0.25) is 4.90 Å². The van der Waals surface area contributed by atoms with Crippen LogP contribution in [0.4, 0.5) is 39.8 Å². The number of anilines is 3. The number of hydrogen-bond donors (Lipinski definition) is 3. The van der Waals surface area contributed by atoms with Crippen LogP contribution in [0.1, 0.15) is 0 Å². The summed E-state index contributed by atoms with van der Waals surface area (Å²) in [6, 6.07) is 13.2.